The summed E-state index contributed by atoms with van der Waals surface area (Å²) in [6.45, 7) is 0. The molecule has 0 saturated carbocycles. The average molecular weight is 551 g/mol. The number of rotatable bonds is 8. The quantitative estimate of drug-likeness (QED) is 0.191. The predicted octanol–water partition coefficient (Wildman–Crippen LogP) is 7.22. The number of hydrogen-bond donors (Lipinski definition) is 0. The van der Waals surface area contributed by atoms with E-state index in [2.05, 4.69) is 0 Å². The summed E-state index contributed by atoms with van der Waals surface area (Å²) >= 11 is 0. The Labute approximate surface area is 229 Å². The van der Waals surface area contributed by atoms with Crippen LogP contribution >= 0.6 is 0 Å². The van der Waals surface area contributed by atoms with Crippen LogP contribution in [0.25, 0.3) is 11.6 Å². The Balaban J connectivity index is 1.79. The van der Waals surface area contributed by atoms with Crippen molar-refractivity contribution >= 4 is 31.3 Å². The maximum atomic E-state index is 14.1. The van der Waals surface area contributed by atoms with Gasteiger partial charge in [0.15, 0.2) is 24.3 Å². The van der Waals surface area contributed by atoms with Gasteiger partial charge in [0, 0.05) is 0 Å². The molecule has 0 aliphatic heterocycles. The van der Waals surface area contributed by atoms with E-state index in [4.69, 9.17) is 0 Å². The molecule has 39 heavy (non-hydrogen) atoms. The Hall–Kier alpha value is -4.26. The van der Waals surface area contributed by atoms with Gasteiger partial charge in [-0.05, 0) is 58.2 Å². The zero-order chi connectivity index (χ0) is 27.3. The summed E-state index contributed by atoms with van der Waals surface area (Å²) in [5.74, 6) is 0. The third-order valence-electron chi connectivity index (χ3n) is 6.43. The molecule has 0 N–H and O–H groups in total. The van der Waals surface area contributed by atoms with Gasteiger partial charge in [0.1, 0.15) is 0 Å². The lowest BCUT2D eigenvalue weighted by Crippen LogP contribution is -2.24. The van der Waals surface area contributed by atoms with Crippen molar-refractivity contribution < 1.29 is 16.8 Å². The molecule has 6 heteroatoms. The van der Waals surface area contributed by atoms with Crippen LogP contribution in [0.4, 0.5) is 0 Å². The minimum Gasteiger partial charge on any atom is -0.222 e. The number of hydrogen-bond acceptors (Lipinski definition) is 4. The molecule has 0 saturated heterocycles. The van der Waals surface area contributed by atoms with Crippen molar-refractivity contribution in [3.05, 3.63) is 168 Å². The Kier molecular flexibility index (Phi) is 7.59. The molecular formula is C33H26O4S2. The standard InChI is InChI=1S/C33H26O4S2/c34-38(35,29-20-9-3-10-21-29)33(39(36,37)30-22-11-4-12-23-30)31-24-14-13-19-28(31)25-32(26-15-5-1-6-16-26)27-17-7-2-8-18-27/h1-25,33H. The van der Waals surface area contributed by atoms with E-state index >= 15 is 0 Å². The minimum atomic E-state index is -4.36. The van der Waals surface area contributed by atoms with Gasteiger partial charge >= 0.3 is 0 Å². The largest absolute Gasteiger partial charge is 0.222 e. The molecule has 0 unspecified atom stereocenters. The SMILES string of the molecule is O=S(=O)(c1ccccc1)C(c1ccccc1C=C(c1ccccc1)c1ccccc1)S(=O)(=O)c1ccccc1. The lowest BCUT2D eigenvalue weighted by Gasteiger charge is -2.21. The molecule has 194 valence electrons. The van der Waals surface area contributed by atoms with Crippen molar-refractivity contribution in [2.24, 2.45) is 0 Å². The van der Waals surface area contributed by atoms with Crippen molar-refractivity contribution in [2.75, 3.05) is 0 Å². The van der Waals surface area contributed by atoms with Crippen LogP contribution in [0.1, 0.15) is 26.8 Å². The van der Waals surface area contributed by atoms with E-state index in [1.54, 1.807) is 60.7 Å². The van der Waals surface area contributed by atoms with Crippen LogP contribution in [0.15, 0.2) is 155 Å². The van der Waals surface area contributed by atoms with E-state index in [9.17, 15) is 16.8 Å². The lowest BCUT2D eigenvalue weighted by atomic mass is 9.94. The Morgan fingerprint density at radius 2 is 0.821 bits per heavy atom. The summed E-state index contributed by atoms with van der Waals surface area (Å²) in [6, 6.07) is 41.8. The summed E-state index contributed by atoms with van der Waals surface area (Å²) < 4.78 is 54.7. The van der Waals surface area contributed by atoms with Gasteiger partial charge in [0.05, 0.1) is 9.79 Å². The van der Waals surface area contributed by atoms with Crippen LogP contribution in [0, 0.1) is 0 Å². The zero-order valence-corrected chi connectivity index (χ0v) is 22.6. The summed E-state index contributed by atoms with van der Waals surface area (Å²) in [7, 11) is -8.73. The highest BCUT2D eigenvalue weighted by Gasteiger charge is 2.42. The maximum Gasteiger partial charge on any atom is 0.200 e. The molecule has 0 amide bonds. The van der Waals surface area contributed by atoms with Crippen LogP contribution in [0.2, 0.25) is 0 Å². The third-order valence-corrected chi connectivity index (χ3v) is 11.4. The first-order valence-corrected chi connectivity index (χ1v) is 15.5. The second kappa shape index (κ2) is 11.2. The molecule has 0 spiro atoms. The maximum absolute atomic E-state index is 14.1. The van der Waals surface area contributed by atoms with Crippen LogP contribution in [-0.2, 0) is 19.7 Å². The molecule has 0 radical (unpaired) electrons. The molecule has 4 nitrogen and oxygen atoms in total. The van der Waals surface area contributed by atoms with E-state index in [1.165, 1.54) is 24.3 Å². The molecule has 5 aromatic rings. The van der Waals surface area contributed by atoms with Crippen molar-refractivity contribution in [2.45, 2.75) is 14.4 Å². The van der Waals surface area contributed by atoms with E-state index < -0.39 is 24.3 Å². The molecule has 0 fully saturated rings. The van der Waals surface area contributed by atoms with E-state index in [0.717, 1.165) is 16.7 Å². The fraction of sp³-hybridized carbons (Fsp3) is 0.0303. The first-order chi connectivity index (χ1) is 18.9. The Morgan fingerprint density at radius 3 is 1.26 bits per heavy atom. The first kappa shape index (κ1) is 26.4. The van der Waals surface area contributed by atoms with Crippen LogP contribution in [0.5, 0.6) is 0 Å². The first-order valence-electron chi connectivity index (χ1n) is 12.4. The fourth-order valence-electron chi connectivity index (χ4n) is 4.55. The van der Waals surface area contributed by atoms with Crippen LogP contribution in [-0.4, -0.2) is 16.8 Å². The molecular weight excluding hydrogens is 524 g/mol. The summed E-state index contributed by atoms with van der Waals surface area (Å²) in [5.41, 5.74) is 3.38. The molecule has 0 bridgehead atoms. The van der Waals surface area contributed by atoms with Gasteiger partial charge in [-0.25, -0.2) is 16.8 Å². The number of benzene rings is 5. The minimum absolute atomic E-state index is 0.0559. The highest BCUT2D eigenvalue weighted by molar-refractivity contribution is 8.08. The van der Waals surface area contributed by atoms with Gasteiger partial charge in [-0.1, -0.05) is 121 Å². The van der Waals surface area contributed by atoms with E-state index in [-0.39, 0.29) is 15.4 Å². The van der Waals surface area contributed by atoms with Crippen molar-refractivity contribution in [3.8, 4) is 0 Å². The van der Waals surface area contributed by atoms with E-state index in [0.29, 0.717) is 5.56 Å². The van der Waals surface area contributed by atoms with Crippen molar-refractivity contribution in [1.29, 1.82) is 0 Å². The topological polar surface area (TPSA) is 68.3 Å². The van der Waals surface area contributed by atoms with Gasteiger partial charge in [0.25, 0.3) is 0 Å². The predicted molar refractivity (Wildman–Crippen MR) is 156 cm³/mol. The summed E-state index contributed by atoms with van der Waals surface area (Å²) in [5, 5.41) is 0. The molecule has 0 aliphatic carbocycles. The molecule has 0 aromatic heterocycles. The number of sulfone groups is 2. The Bertz CT molecular complexity index is 1690. The van der Waals surface area contributed by atoms with Crippen LogP contribution < -0.4 is 0 Å². The van der Waals surface area contributed by atoms with Gasteiger partial charge in [-0.2, -0.15) is 0 Å². The normalized spacial score (nSPS) is 11.7. The molecule has 5 rings (SSSR count). The highest BCUT2D eigenvalue weighted by Crippen LogP contribution is 2.40. The molecule has 0 atom stereocenters. The summed E-state index contributed by atoms with van der Waals surface area (Å²) in [6.07, 6.45) is 1.87. The van der Waals surface area contributed by atoms with Gasteiger partial charge < -0.3 is 0 Å². The van der Waals surface area contributed by atoms with Crippen LogP contribution in [0.3, 0.4) is 0 Å². The summed E-state index contributed by atoms with van der Waals surface area (Å²) in [4.78, 5) is -0.112. The highest BCUT2D eigenvalue weighted by atomic mass is 32.3. The molecule has 0 aliphatic rings. The lowest BCUT2D eigenvalue weighted by molar-refractivity contribution is 0.576. The third kappa shape index (κ3) is 5.48. The van der Waals surface area contributed by atoms with Gasteiger partial charge in [0.2, 0.25) is 0 Å². The van der Waals surface area contributed by atoms with E-state index in [1.807, 2.05) is 66.7 Å². The second-order valence-corrected chi connectivity index (χ2v) is 13.3. The second-order valence-electron chi connectivity index (χ2n) is 8.97. The average Bonchev–Trinajstić information content (AvgIpc) is 2.98. The Morgan fingerprint density at radius 1 is 0.462 bits per heavy atom. The smallest absolute Gasteiger partial charge is 0.200 e. The van der Waals surface area contributed by atoms with Crippen molar-refractivity contribution in [3.63, 3.8) is 0 Å². The molecule has 0 heterocycles. The van der Waals surface area contributed by atoms with Gasteiger partial charge in [-0.15, -0.1) is 0 Å². The monoisotopic (exact) mass is 550 g/mol. The van der Waals surface area contributed by atoms with Crippen molar-refractivity contribution in [1.82, 2.24) is 0 Å². The zero-order valence-electron chi connectivity index (χ0n) is 21.0. The fourth-order valence-corrected chi connectivity index (χ4v) is 9.22. The molecule has 5 aromatic carbocycles. The van der Waals surface area contributed by atoms with Gasteiger partial charge in [-0.3, -0.25) is 0 Å².